The normalized spacial score (nSPS) is 13.9. The Hall–Kier alpha value is -3.48. The highest BCUT2D eigenvalue weighted by Gasteiger charge is 2.30. The molecule has 6 nitrogen and oxygen atoms in total. The third kappa shape index (κ3) is 2.90. The first-order valence-corrected chi connectivity index (χ1v) is 9.57. The number of nitrogens with zero attached hydrogens (tertiary/aromatic N) is 4. The smallest absolute Gasteiger partial charge is 0.320 e. The number of para-hydroxylation sites is 1. The van der Waals surface area contributed by atoms with Gasteiger partial charge in [0.25, 0.3) is 5.56 Å². The van der Waals surface area contributed by atoms with Gasteiger partial charge in [-0.05, 0) is 49.1 Å². The zero-order chi connectivity index (χ0) is 20.1. The third-order valence-corrected chi connectivity index (χ3v) is 5.38. The number of hydrogen-bond acceptors (Lipinski definition) is 3. The Bertz CT molecular complexity index is 1340. The zero-order valence-corrected chi connectivity index (χ0v) is 15.9. The number of aromatic nitrogens is 4. The van der Waals surface area contributed by atoms with Gasteiger partial charge in [0, 0.05) is 12.6 Å². The van der Waals surface area contributed by atoms with Gasteiger partial charge in [0.2, 0.25) is 0 Å². The fourth-order valence-electron chi connectivity index (χ4n) is 3.75. The number of aryl methyl sites for hydroxylation is 1. The van der Waals surface area contributed by atoms with Crippen molar-refractivity contribution in [2.45, 2.75) is 32.4 Å². The Balaban J connectivity index is 1.79. The Morgan fingerprint density at radius 2 is 1.79 bits per heavy atom. The molecule has 0 atom stereocenters. The first-order chi connectivity index (χ1) is 14.0. The van der Waals surface area contributed by atoms with Gasteiger partial charge in [-0.25, -0.2) is 18.7 Å². The van der Waals surface area contributed by atoms with Gasteiger partial charge in [-0.15, -0.1) is 0 Å². The number of hydrogen-bond donors (Lipinski definition) is 0. The summed E-state index contributed by atoms with van der Waals surface area (Å²) in [7, 11) is 0. The van der Waals surface area contributed by atoms with Crippen LogP contribution < -0.4 is 11.2 Å². The monoisotopic (exact) mass is 390 g/mol. The first-order valence-electron chi connectivity index (χ1n) is 9.57. The quantitative estimate of drug-likeness (QED) is 0.538. The van der Waals surface area contributed by atoms with E-state index in [1.807, 2.05) is 31.2 Å². The van der Waals surface area contributed by atoms with Crippen LogP contribution in [0.5, 0.6) is 0 Å². The molecule has 0 spiro atoms. The summed E-state index contributed by atoms with van der Waals surface area (Å²) in [4.78, 5) is 31.0. The van der Waals surface area contributed by atoms with E-state index in [1.54, 1.807) is 23.0 Å². The van der Waals surface area contributed by atoms with Crippen molar-refractivity contribution in [1.29, 1.82) is 0 Å². The number of halogens is 1. The molecule has 5 rings (SSSR count). The average molecular weight is 390 g/mol. The van der Waals surface area contributed by atoms with Crippen LogP contribution in [0.2, 0.25) is 0 Å². The van der Waals surface area contributed by atoms with Gasteiger partial charge in [0.15, 0.2) is 11.2 Å². The fraction of sp³-hybridized carbons (Fsp3) is 0.227. The Kier molecular flexibility index (Phi) is 3.97. The molecular formula is C22H19FN4O2. The summed E-state index contributed by atoms with van der Waals surface area (Å²) in [6.45, 7) is 2.29. The molecule has 1 fully saturated rings. The highest BCUT2D eigenvalue weighted by molar-refractivity contribution is 5.73. The standard InChI is InChI=1S/C22H19FN4O2/c1-14-4-2-3-5-18(14)27-20-19(21(28)26(22(27)29)17-10-11-17)25(13-24-20)12-15-6-8-16(23)9-7-15/h2-9,13,17H,10-12H2,1H3. The number of benzene rings is 2. The summed E-state index contributed by atoms with van der Waals surface area (Å²) in [5.41, 5.74) is 2.52. The molecule has 0 unspecified atom stereocenters. The van der Waals surface area contributed by atoms with Crippen molar-refractivity contribution >= 4 is 11.2 Å². The predicted octanol–water partition coefficient (Wildman–Crippen LogP) is 3.18. The summed E-state index contributed by atoms with van der Waals surface area (Å²) in [5.74, 6) is -0.311. The van der Waals surface area contributed by atoms with E-state index in [9.17, 15) is 14.0 Å². The maximum Gasteiger partial charge on any atom is 0.337 e. The second-order valence-corrected chi connectivity index (χ2v) is 7.48. The topological polar surface area (TPSA) is 61.8 Å². The maximum absolute atomic E-state index is 13.3. The maximum atomic E-state index is 13.3. The molecule has 0 amide bonds. The van der Waals surface area contributed by atoms with E-state index >= 15 is 0 Å². The Morgan fingerprint density at radius 3 is 2.48 bits per heavy atom. The largest absolute Gasteiger partial charge is 0.337 e. The molecule has 0 saturated heterocycles. The Morgan fingerprint density at radius 1 is 1.07 bits per heavy atom. The first kappa shape index (κ1) is 17.6. The van der Waals surface area contributed by atoms with Crippen LogP contribution in [0, 0.1) is 12.7 Å². The summed E-state index contributed by atoms with van der Waals surface area (Å²) >= 11 is 0. The van der Waals surface area contributed by atoms with Crippen molar-refractivity contribution in [1.82, 2.24) is 18.7 Å². The lowest BCUT2D eigenvalue weighted by Crippen LogP contribution is -2.39. The van der Waals surface area contributed by atoms with Gasteiger partial charge in [-0.3, -0.25) is 9.36 Å². The molecule has 146 valence electrons. The van der Waals surface area contributed by atoms with E-state index in [-0.39, 0.29) is 23.1 Å². The van der Waals surface area contributed by atoms with E-state index in [1.165, 1.54) is 21.3 Å². The highest BCUT2D eigenvalue weighted by atomic mass is 19.1. The molecular weight excluding hydrogens is 371 g/mol. The van der Waals surface area contributed by atoms with Crippen LogP contribution in [-0.4, -0.2) is 18.7 Å². The molecule has 0 aliphatic heterocycles. The van der Waals surface area contributed by atoms with Crippen molar-refractivity contribution in [3.63, 3.8) is 0 Å². The molecule has 0 radical (unpaired) electrons. The van der Waals surface area contributed by atoms with Gasteiger partial charge in [-0.2, -0.15) is 0 Å². The summed E-state index contributed by atoms with van der Waals surface area (Å²) in [6.07, 6.45) is 3.21. The molecule has 0 bridgehead atoms. The van der Waals surface area contributed by atoms with Gasteiger partial charge in [-0.1, -0.05) is 30.3 Å². The van der Waals surface area contributed by atoms with Crippen LogP contribution in [-0.2, 0) is 6.54 Å². The molecule has 2 aromatic carbocycles. The summed E-state index contributed by atoms with van der Waals surface area (Å²) in [5, 5.41) is 0. The van der Waals surface area contributed by atoms with Crippen molar-refractivity contribution in [2.75, 3.05) is 0 Å². The molecule has 0 N–H and O–H groups in total. The minimum Gasteiger partial charge on any atom is -0.320 e. The summed E-state index contributed by atoms with van der Waals surface area (Å²) < 4.78 is 17.9. The molecule has 1 aliphatic carbocycles. The molecule has 1 saturated carbocycles. The van der Waals surface area contributed by atoms with E-state index in [0.717, 1.165) is 24.0 Å². The second kappa shape index (κ2) is 6.55. The van der Waals surface area contributed by atoms with Crippen molar-refractivity contribution in [2.24, 2.45) is 0 Å². The molecule has 1 aliphatic rings. The van der Waals surface area contributed by atoms with E-state index in [0.29, 0.717) is 23.4 Å². The lowest BCUT2D eigenvalue weighted by atomic mass is 10.2. The predicted molar refractivity (Wildman–Crippen MR) is 108 cm³/mol. The van der Waals surface area contributed by atoms with Crippen LogP contribution in [0.25, 0.3) is 16.9 Å². The number of rotatable bonds is 4. The van der Waals surface area contributed by atoms with E-state index in [2.05, 4.69) is 4.98 Å². The van der Waals surface area contributed by atoms with Gasteiger partial charge in [0.1, 0.15) is 5.82 Å². The third-order valence-electron chi connectivity index (χ3n) is 5.38. The number of imidazole rings is 1. The van der Waals surface area contributed by atoms with Crippen LogP contribution in [0.1, 0.15) is 30.0 Å². The SMILES string of the molecule is Cc1ccccc1-n1c(=O)n(C2CC2)c(=O)c2c1ncn2Cc1ccc(F)cc1. The minimum atomic E-state index is -0.355. The van der Waals surface area contributed by atoms with Crippen LogP contribution in [0.3, 0.4) is 0 Å². The Labute approximate surface area is 165 Å². The fourth-order valence-corrected chi connectivity index (χ4v) is 3.75. The van der Waals surface area contributed by atoms with Gasteiger partial charge >= 0.3 is 5.69 Å². The van der Waals surface area contributed by atoms with Crippen molar-refractivity contribution < 1.29 is 4.39 Å². The molecule has 2 aromatic heterocycles. The van der Waals surface area contributed by atoms with Crippen molar-refractivity contribution in [3.05, 3.63) is 92.6 Å². The van der Waals surface area contributed by atoms with Crippen LogP contribution in [0.4, 0.5) is 4.39 Å². The number of fused-ring (bicyclic) bond motifs is 1. The zero-order valence-electron chi connectivity index (χ0n) is 15.9. The van der Waals surface area contributed by atoms with Crippen LogP contribution >= 0.6 is 0 Å². The second-order valence-electron chi connectivity index (χ2n) is 7.48. The highest BCUT2D eigenvalue weighted by Crippen LogP contribution is 2.32. The lowest BCUT2D eigenvalue weighted by molar-refractivity contribution is 0.626. The lowest BCUT2D eigenvalue weighted by Gasteiger charge is -2.14. The molecule has 2 heterocycles. The average Bonchev–Trinajstić information content (AvgIpc) is 3.45. The van der Waals surface area contributed by atoms with Gasteiger partial charge in [0.05, 0.1) is 12.0 Å². The van der Waals surface area contributed by atoms with Gasteiger partial charge < -0.3 is 4.57 Å². The molecule has 29 heavy (non-hydrogen) atoms. The summed E-state index contributed by atoms with van der Waals surface area (Å²) in [6, 6.07) is 13.6. The molecule has 7 heteroatoms. The van der Waals surface area contributed by atoms with E-state index in [4.69, 9.17) is 0 Å². The van der Waals surface area contributed by atoms with E-state index < -0.39 is 0 Å². The minimum absolute atomic E-state index is 0.0659. The van der Waals surface area contributed by atoms with Crippen molar-refractivity contribution in [3.8, 4) is 5.69 Å². The van der Waals surface area contributed by atoms with Crippen LogP contribution in [0.15, 0.2) is 64.4 Å². The molecule has 4 aromatic rings.